The van der Waals surface area contributed by atoms with Crippen LogP contribution in [0.4, 0.5) is 11.5 Å². The normalized spacial score (nSPS) is 15.4. The molecule has 0 fully saturated rings. The number of nitrogens with one attached hydrogen (secondary N) is 1. The van der Waals surface area contributed by atoms with E-state index in [1.807, 2.05) is 55.1 Å². The van der Waals surface area contributed by atoms with Crippen LogP contribution < -0.4 is 10.2 Å². The summed E-state index contributed by atoms with van der Waals surface area (Å²) in [5.74, 6) is -0.590. The zero-order chi connectivity index (χ0) is 25.4. The molecule has 0 bridgehead atoms. The lowest BCUT2D eigenvalue weighted by atomic mass is 10.0. The quantitative estimate of drug-likeness (QED) is 0.363. The van der Waals surface area contributed by atoms with Gasteiger partial charge in [0.2, 0.25) is 0 Å². The molecule has 1 aromatic heterocycles. The van der Waals surface area contributed by atoms with Gasteiger partial charge in [0, 0.05) is 17.8 Å². The summed E-state index contributed by atoms with van der Waals surface area (Å²) in [4.78, 5) is 23.2. The first kappa shape index (κ1) is 23.3. The number of aromatic carboxylic acids is 1. The van der Waals surface area contributed by atoms with Crippen LogP contribution in [-0.4, -0.2) is 32.8 Å². The van der Waals surface area contributed by atoms with Crippen molar-refractivity contribution in [3.05, 3.63) is 94.2 Å². The molecule has 5 rings (SSSR count). The number of hydrogen-bond donors (Lipinski definition) is 3. The minimum Gasteiger partial charge on any atom is -0.478 e. The molecule has 8 heteroatoms. The molecule has 0 radical (unpaired) electrons. The van der Waals surface area contributed by atoms with Gasteiger partial charge in [-0.3, -0.25) is 0 Å². The van der Waals surface area contributed by atoms with Gasteiger partial charge in [0.05, 0.1) is 35.3 Å². The maximum absolute atomic E-state index is 11.7. The monoisotopic (exact) mass is 479 g/mol. The zero-order valence-electron chi connectivity index (χ0n) is 19.9. The molecule has 1 aliphatic rings. The third-order valence-corrected chi connectivity index (χ3v) is 6.60. The van der Waals surface area contributed by atoms with Crippen LogP contribution in [0, 0.1) is 18.3 Å². The molecule has 0 spiro atoms. The summed E-state index contributed by atoms with van der Waals surface area (Å²) in [6, 6.07) is 20.1. The first-order valence-electron chi connectivity index (χ1n) is 11.7. The summed E-state index contributed by atoms with van der Waals surface area (Å²) < 4.78 is 0. The van der Waals surface area contributed by atoms with Crippen LogP contribution >= 0.6 is 0 Å². The number of aliphatic hydroxyl groups is 1. The number of aliphatic hydroxyl groups excluding tert-OH is 1. The highest BCUT2D eigenvalue weighted by Gasteiger charge is 2.33. The summed E-state index contributed by atoms with van der Waals surface area (Å²) >= 11 is 0. The van der Waals surface area contributed by atoms with E-state index in [4.69, 9.17) is 4.98 Å². The smallest absolute Gasteiger partial charge is 0.337 e. The Balaban J connectivity index is 1.62. The lowest BCUT2D eigenvalue weighted by Crippen LogP contribution is -2.26. The Morgan fingerprint density at radius 1 is 1.19 bits per heavy atom. The Kier molecular flexibility index (Phi) is 6.00. The van der Waals surface area contributed by atoms with Gasteiger partial charge < -0.3 is 20.4 Å². The van der Waals surface area contributed by atoms with E-state index in [-0.39, 0.29) is 29.9 Å². The van der Waals surface area contributed by atoms with Crippen molar-refractivity contribution in [1.29, 1.82) is 5.26 Å². The fraction of sp³-hybridized carbons (Fsp3) is 0.214. The highest BCUT2D eigenvalue weighted by Crippen LogP contribution is 2.39. The van der Waals surface area contributed by atoms with Crippen LogP contribution in [0.15, 0.2) is 60.7 Å². The maximum atomic E-state index is 11.7. The van der Waals surface area contributed by atoms with Crippen molar-refractivity contribution in [1.82, 2.24) is 9.97 Å². The average Bonchev–Trinajstić information content (AvgIpc) is 3.26. The number of para-hydroxylation sites is 1. The number of nitrogens with zero attached hydrogens (tertiary/aromatic N) is 4. The molecule has 0 saturated heterocycles. The molecule has 2 atom stereocenters. The highest BCUT2D eigenvalue weighted by atomic mass is 16.4. The second kappa shape index (κ2) is 9.29. The molecule has 1 unspecified atom stereocenters. The minimum absolute atomic E-state index is 0.119. The van der Waals surface area contributed by atoms with E-state index in [1.54, 1.807) is 24.3 Å². The minimum atomic E-state index is -1.01. The number of carboxylic acids is 1. The lowest BCUT2D eigenvalue weighted by Gasteiger charge is -2.26. The summed E-state index contributed by atoms with van der Waals surface area (Å²) in [6.07, 6.45) is 0. The van der Waals surface area contributed by atoms with Crippen LogP contribution in [0.2, 0.25) is 0 Å². The standard InChI is InChI=1S/C28H25N5O3/c1-16-11-21(17(2)30-22-10-6-5-9-20(22)28(35)36)26-23(12-16)31-24(13-29)27(32-26)33-14-18-7-3-4-8-19(18)25(33)15-34/h3-12,17,25,30,34H,14-15H2,1-2H3,(H,35,36)/t17-,25?/m1/s1. The molecular weight excluding hydrogens is 454 g/mol. The Morgan fingerprint density at radius 3 is 2.69 bits per heavy atom. The van der Waals surface area contributed by atoms with Gasteiger partial charge in [-0.2, -0.15) is 5.26 Å². The average molecular weight is 480 g/mol. The van der Waals surface area contributed by atoms with Crippen molar-refractivity contribution in [2.75, 3.05) is 16.8 Å². The molecule has 180 valence electrons. The van der Waals surface area contributed by atoms with Crippen LogP contribution in [-0.2, 0) is 6.54 Å². The molecular formula is C28H25N5O3. The van der Waals surface area contributed by atoms with Crippen molar-refractivity contribution in [2.45, 2.75) is 32.5 Å². The van der Waals surface area contributed by atoms with Crippen molar-refractivity contribution >= 4 is 28.5 Å². The van der Waals surface area contributed by atoms with Crippen LogP contribution in [0.3, 0.4) is 0 Å². The molecule has 8 nitrogen and oxygen atoms in total. The summed E-state index contributed by atoms with van der Waals surface area (Å²) in [7, 11) is 0. The SMILES string of the molecule is Cc1cc([C@@H](C)Nc2ccccc2C(=O)O)c2nc(N3Cc4ccccc4C3CO)c(C#N)nc2c1. The van der Waals surface area contributed by atoms with Gasteiger partial charge in [0.15, 0.2) is 11.5 Å². The Hall–Kier alpha value is -4.48. The fourth-order valence-corrected chi connectivity index (χ4v) is 4.92. The van der Waals surface area contributed by atoms with Gasteiger partial charge in [0.25, 0.3) is 0 Å². The number of carboxylic acid groups (broad SMARTS) is 1. The third-order valence-electron chi connectivity index (χ3n) is 6.60. The Labute approximate surface area is 208 Å². The largest absolute Gasteiger partial charge is 0.478 e. The lowest BCUT2D eigenvalue weighted by molar-refractivity contribution is 0.0698. The zero-order valence-corrected chi connectivity index (χ0v) is 19.9. The van der Waals surface area contributed by atoms with Crippen molar-refractivity contribution in [2.24, 2.45) is 0 Å². The molecule has 3 N–H and O–H groups in total. The Bertz CT molecular complexity index is 1530. The number of fused-ring (bicyclic) bond motifs is 2. The molecule has 0 aliphatic carbocycles. The van der Waals surface area contributed by atoms with Crippen molar-refractivity contribution < 1.29 is 15.0 Å². The number of carbonyl (C=O) groups is 1. The molecule has 0 amide bonds. The third kappa shape index (κ3) is 4.00. The maximum Gasteiger partial charge on any atom is 0.337 e. The summed E-state index contributed by atoms with van der Waals surface area (Å²) in [5, 5.41) is 33.0. The molecule has 0 saturated carbocycles. The first-order chi connectivity index (χ1) is 17.4. The van der Waals surface area contributed by atoms with Crippen molar-refractivity contribution in [3.8, 4) is 6.07 Å². The molecule has 4 aromatic rings. The number of rotatable bonds is 6. The van der Waals surface area contributed by atoms with E-state index in [0.29, 0.717) is 29.1 Å². The van der Waals surface area contributed by atoms with Gasteiger partial charge in [-0.05, 0) is 48.7 Å². The van der Waals surface area contributed by atoms with E-state index >= 15 is 0 Å². The van der Waals surface area contributed by atoms with Gasteiger partial charge in [-0.25, -0.2) is 14.8 Å². The summed E-state index contributed by atoms with van der Waals surface area (Å²) in [5.41, 5.74) is 5.96. The van der Waals surface area contributed by atoms with Crippen LogP contribution in [0.5, 0.6) is 0 Å². The molecule has 3 aromatic carbocycles. The van der Waals surface area contributed by atoms with E-state index in [0.717, 1.165) is 22.3 Å². The highest BCUT2D eigenvalue weighted by molar-refractivity contribution is 5.94. The van der Waals surface area contributed by atoms with Crippen LogP contribution in [0.25, 0.3) is 11.0 Å². The van der Waals surface area contributed by atoms with Gasteiger partial charge in [-0.15, -0.1) is 0 Å². The predicted molar refractivity (Wildman–Crippen MR) is 137 cm³/mol. The van der Waals surface area contributed by atoms with Crippen molar-refractivity contribution in [3.63, 3.8) is 0 Å². The second-order valence-corrected chi connectivity index (χ2v) is 8.97. The number of benzene rings is 3. The van der Waals surface area contributed by atoms with E-state index in [1.165, 1.54) is 0 Å². The molecule has 2 heterocycles. The fourth-order valence-electron chi connectivity index (χ4n) is 4.92. The number of aryl methyl sites for hydroxylation is 1. The topological polar surface area (TPSA) is 122 Å². The number of anilines is 2. The first-order valence-corrected chi connectivity index (χ1v) is 11.7. The van der Waals surface area contributed by atoms with E-state index < -0.39 is 5.97 Å². The second-order valence-electron chi connectivity index (χ2n) is 8.97. The molecule has 36 heavy (non-hydrogen) atoms. The predicted octanol–water partition coefficient (Wildman–Crippen LogP) is 4.73. The van der Waals surface area contributed by atoms with Crippen LogP contribution in [0.1, 0.15) is 57.3 Å². The number of nitriles is 1. The Morgan fingerprint density at radius 2 is 1.94 bits per heavy atom. The van der Waals surface area contributed by atoms with E-state index in [9.17, 15) is 20.3 Å². The summed E-state index contributed by atoms with van der Waals surface area (Å²) in [6.45, 7) is 4.28. The number of aromatic nitrogens is 2. The van der Waals surface area contributed by atoms with Gasteiger partial charge in [-0.1, -0.05) is 42.5 Å². The van der Waals surface area contributed by atoms with Gasteiger partial charge >= 0.3 is 5.97 Å². The molecule has 1 aliphatic heterocycles. The number of hydrogen-bond acceptors (Lipinski definition) is 7. The van der Waals surface area contributed by atoms with E-state index in [2.05, 4.69) is 16.4 Å². The van der Waals surface area contributed by atoms with Gasteiger partial charge in [0.1, 0.15) is 6.07 Å².